The summed E-state index contributed by atoms with van der Waals surface area (Å²) in [6, 6.07) is 6.81. The van der Waals surface area contributed by atoms with Gasteiger partial charge in [0.25, 0.3) is 5.91 Å². The van der Waals surface area contributed by atoms with E-state index in [-0.39, 0.29) is 23.1 Å². The lowest BCUT2D eigenvalue weighted by molar-refractivity contribution is -0.116. The summed E-state index contributed by atoms with van der Waals surface area (Å²) >= 11 is 1.13. The second-order valence-electron chi connectivity index (χ2n) is 5.43. The summed E-state index contributed by atoms with van der Waals surface area (Å²) < 4.78 is 1.58. The molecule has 2 rings (SSSR count). The quantitative estimate of drug-likeness (QED) is 0.807. The van der Waals surface area contributed by atoms with Crippen LogP contribution in [0.25, 0.3) is 0 Å². The van der Waals surface area contributed by atoms with Crippen molar-refractivity contribution in [1.29, 1.82) is 0 Å². The highest BCUT2D eigenvalue weighted by Gasteiger charge is 2.09. The molecule has 7 heteroatoms. The molecule has 6 nitrogen and oxygen atoms in total. The van der Waals surface area contributed by atoms with Crippen molar-refractivity contribution in [2.75, 3.05) is 11.9 Å². The molecule has 0 spiro atoms. The van der Waals surface area contributed by atoms with E-state index in [9.17, 15) is 14.4 Å². The molecule has 0 fully saturated rings. The van der Waals surface area contributed by atoms with Crippen molar-refractivity contribution in [2.24, 2.45) is 0 Å². The molecule has 2 aromatic rings. The average molecular weight is 347 g/mol. The van der Waals surface area contributed by atoms with Gasteiger partial charge in [0.15, 0.2) is 0 Å². The van der Waals surface area contributed by atoms with Crippen LogP contribution < -0.4 is 15.5 Å². The second kappa shape index (κ2) is 8.44. The van der Waals surface area contributed by atoms with Crippen molar-refractivity contribution < 1.29 is 9.59 Å². The van der Waals surface area contributed by atoms with Crippen molar-refractivity contribution in [3.05, 3.63) is 50.6 Å². The minimum absolute atomic E-state index is 0.0603. The molecule has 1 aromatic carbocycles. The highest BCUT2D eigenvalue weighted by molar-refractivity contribution is 7.07. The van der Waals surface area contributed by atoms with Gasteiger partial charge in [0.05, 0.1) is 0 Å². The van der Waals surface area contributed by atoms with Crippen molar-refractivity contribution in [2.45, 2.75) is 33.2 Å². The van der Waals surface area contributed by atoms with Gasteiger partial charge in [-0.2, -0.15) is 0 Å². The zero-order chi connectivity index (χ0) is 17.5. The SMILES string of the molecule is CCCNC(=O)c1cccc(NC(=O)CCn2c(C)csc2=O)c1. The van der Waals surface area contributed by atoms with Gasteiger partial charge in [-0.15, -0.1) is 0 Å². The van der Waals surface area contributed by atoms with Gasteiger partial charge < -0.3 is 15.2 Å². The molecular weight excluding hydrogens is 326 g/mol. The lowest BCUT2D eigenvalue weighted by atomic mass is 10.2. The number of aryl methyl sites for hydroxylation is 1. The van der Waals surface area contributed by atoms with Crippen LogP contribution in [0.15, 0.2) is 34.4 Å². The van der Waals surface area contributed by atoms with Crippen LogP contribution >= 0.6 is 11.3 Å². The van der Waals surface area contributed by atoms with Crippen LogP contribution in [0.1, 0.15) is 35.8 Å². The molecule has 0 unspecified atom stereocenters. The number of nitrogens with one attached hydrogen (secondary N) is 2. The monoisotopic (exact) mass is 347 g/mol. The molecule has 2 amide bonds. The molecule has 0 saturated carbocycles. The van der Waals surface area contributed by atoms with Crippen LogP contribution in [-0.4, -0.2) is 22.9 Å². The van der Waals surface area contributed by atoms with Gasteiger partial charge >= 0.3 is 4.87 Å². The molecular formula is C17H21N3O3S. The molecule has 0 atom stereocenters. The maximum atomic E-state index is 12.1. The number of hydrogen-bond donors (Lipinski definition) is 2. The second-order valence-corrected chi connectivity index (χ2v) is 6.25. The van der Waals surface area contributed by atoms with Crippen molar-refractivity contribution in [3.63, 3.8) is 0 Å². The average Bonchev–Trinajstić information content (AvgIpc) is 2.89. The number of anilines is 1. The maximum absolute atomic E-state index is 12.1. The Morgan fingerprint density at radius 2 is 2.08 bits per heavy atom. The Hall–Kier alpha value is -2.41. The molecule has 0 saturated heterocycles. The van der Waals surface area contributed by atoms with Gasteiger partial charge in [-0.1, -0.05) is 24.3 Å². The first-order chi connectivity index (χ1) is 11.5. The van der Waals surface area contributed by atoms with E-state index in [4.69, 9.17) is 0 Å². The summed E-state index contributed by atoms with van der Waals surface area (Å²) in [5.41, 5.74) is 1.93. The van der Waals surface area contributed by atoms with E-state index in [1.165, 1.54) is 0 Å². The van der Waals surface area contributed by atoms with E-state index in [0.717, 1.165) is 23.5 Å². The molecule has 0 aliphatic heterocycles. The first-order valence-corrected chi connectivity index (χ1v) is 8.72. The highest BCUT2D eigenvalue weighted by Crippen LogP contribution is 2.11. The van der Waals surface area contributed by atoms with Gasteiger partial charge in [0, 0.05) is 41.8 Å². The predicted octanol–water partition coefficient (Wildman–Crippen LogP) is 2.39. The Balaban J connectivity index is 1.94. The van der Waals surface area contributed by atoms with E-state index < -0.39 is 0 Å². The molecule has 128 valence electrons. The highest BCUT2D eigenvalue weighted by atomic mass is 32.1. The third-order valence-corrected chi connectivity index (χ3v) is 4.36. The number of nitrogens with zero attached hydrogens (tertiary/aromatic N) is 1. The fourth-order valence-electron chi connectivity index (χ4n) is 2.19. The van der Waals surface area contributed by atoms with E-state index in [0.29, 0.717) is 24.3 Å². The minimum Gasteiger partial charge on any atom is -0.352 e. The van der Waals surface area contributed by atoms with Gasteiger partial charge in [0.1, 0.15) is 0 Å². The Bertz CT molecular complexity index is 779. The third kappa shape index (κ3) is 4.79. The van der Waals surface area contributed by atoms with Crippen LogP contribution in [0.3, 0.4) is 0 Å². The first-order valence-electron chi connectivity index (χ1n) is 7.84. The lowest BCUT2D eigenvalue weighted by Gasteiger charge is -2.09. The zero-order valence-electron chi connectivity index (χ0n) is 13.8. The van der Waals surface area contributed by atoms with Gasteiger partial charge in [-0.3, -0.25) is 14.4 Å². The Kier molecular flexibility index (Phi) is 6.31. The van der Waals surface area contributed by atoms with Gasteiger partial charge in [-0.05, 0) is 31.5 Å². The molecule has 0 bridgehead atoms. The number of carbonyl (C=O) groups is 2. The summed E-state index contributed by atoms with van der Waals surface area (Å²) in [5.74, 6) is -0.355. The standard InChI is InChI=1S/C17H21N3O3S/c1-3-8-18-16(22)13-5-4-6-14(10-13)19-15(21)7-9-20-12(2)11-24-17(20)23/h4-6,10-11H,3,7-9H2,1-2H3,(H,18,22)(H,19,21). The van der Waals surface area contributed by atoms with Crippen LogP contribution in [0.2, 0.25) is 0 Å². The molecule has 1 aromatic heterocycles. The van der Waals surface area contributed by atoms with Crippen molar-refractivity contribution in [3.8, 4) is 0 Å². The predicted molar refractivity (Wildman–Crippen MR) is 95.6 cm³/mol. The first kappa shape index (κ1) is 17.9. The summed E-state index contributed by atoms with van der Waals surface area (Å²) in [6.07, 6.45) is 1.06. The number of hydrogen-bond acceptors (Lipinski definition) is 4. The molecule has 0 aliphatic carbocycles. The van der Waals surface area contributed by atoms with E-state index >= 15 is 0 Å². The summed E-state index contributed by atoms with van der Waals surface area (Å²) in [5, 5.41) is 7.34. The fraction of sp³-hybridized carbons (Fsp3) is 0.353. The molecule has 1 heterocycles. The van der Waals surface area contributed by atoms with Crippen LogP contribution in [0.5, 0.6) is 0 Å². The summed E-state index contributed by atoms with van der Waals surface area (Å²) in [6.45, 7) is 4.78. The number of benzene rings is 1. The molecule has 0 aliphatic rings. The van der Waals surface area contributed by atoms with Crippen LogP contribution in [0, 0.1) is 6.92 Å². The van der Waals surface area contributed by atoms with E-state index in [1.807, 2.05) is 13.8 Å². The van der Waals surface area contributed by atoms with E-state index in [2.05, 4.69) is 10.6 Å². The van der Waals surface area contributed by atoms with E-state index in [1.54, 1.807) is 34.2 Å². The van der Waals surface area contributed by atoms with Crippen LogP contribution in [-0.2, 0) is 11.3 Å². The molecule has 24 heavy (non-hydrogen) atoms. The number of rotatable bonds is 7. The smallest absolute Gasteiger partial charge is 0.307 e. The fourth-order valence-corrected chi connectivity index (χ4v) is 2.95. The minimum atomic E-state index is -0.196. The van der Waals surface area contributed by atoms with Gasteiger partial charge in [-0.25, -0.2) is 0 Å². The number of aromatic nitrogens is 1. The number of thiazole rings is 1. The topological polar surface area (TPSA) is 80.2 Å². The lowest BCUT2D eigenvalue weighted by Crippen LogP contribution is -2.24. The molecule has 0 radical (unpaired) electrons. The normalized spacial score (nSPS) is 10.4. The zero-order valence-corrected chi connectivity index (χ0v) is 14.6. The van der Waals surface area contributed by atoms with Crippen LogP contribution in [0.4, 0.5) is 5.69 Å². The third-order valence-electron chi connectivity index (χ3n) is 3.48. The number of amides is 2. The Labute approximate surface area is 144 Å². The van der Waals surface area contributed by atoms with Crippen molar-refractivity contribution >= 4 is 28.8 Å². The molecule has 2 N–H and O–H groups in total. The Morgan fingerprint density at radius 1 is 1.29 bits per heavy atom. The summed E-state index contributed by atoms with van der Waals surface area (Å²) in [4.78, 5) is 35.6. The number of carbonyl (C=O) groups excluding carboxylic acids is 2. The summed E-state index contributed by atoms with van der Waals surface area (Å²) in [7, 11) is 0. The van der Waals surface area contributed by atoms with Crippen molar-refractivity contribution in [1.82, 2.24) is 9.88 Å². The largest absolute Gasteiger partial charge is 0.352 e. The Morgan fingerprint density at radius 3 is 2.75 bits per heavy atom. The van der Waals surface area contributed by atoms with Gasteiger partial charge in [0.2, 0.25) is 5.91 Å². The maximum Gasteiger partial charge on any atom is 0.307 e.